The number of furan rings is 1. The van der Waals surface area contributed by atoms with Gasteiger partial charge >= 0.3 is 6.18 Å². The lowest BCUT2D eigenvalue weighted by molar-refractivity contribution is -0.254. The highest BCUT2D eigenvalue weighted by atomic mass is 19.4. The molecule has 0 aliphatic heterocycles. The van der Waals surface area contributed by atoms with Gasteiger partial charge in [0.1, 0.15) is 5.76 Å². The van der Waals surface area contributed by atoms with E-state index >= 15 is 0 Å². The zero-order valence-corrected chi connectivity index (χ0v) is 11.0. The molecule has 108 valence electrons. The number of hydrogen-bond acceptors (Lipinski definition) is 3. The van der Waals surface area contributed by atoms with Gasteiger partial charge in [-0.1, -0.05) is 12.1 Å². The van der Waals surface area contributed by atoms with Gasteiger partial charge in [-0.25, -0.2) is 0 Å². The molecule has 1 N–H and O–H groups in total. The van der Waals surface area contributed by atoms with Gasteiger partial charge in [-0.15, -0.1) is 0 Å². The van der Waals surface area contributed by atoms with Crippen molar-refractivity contribution < 1.29 is 22.7 Å². The van der Waals surface area contributed by atoms with E-state index in [1.54, 1.807) is 19.0 Å². The molecule has 3 nitrogen and oxygen atoms in total. The number of nitrogens with zero attached hydrogens (tertiary/aromatic N) is 1. The molecule has 1 heterocycles. The molecule has 1 aromatic carbocycles. The summed E-state index contributed by atoms with van der Waals surface area (Å²) in [5.41, 5.74) is -2.70. The Balaban J connectivity index is 2.53. The SMILES string of the molecule is CN(C)c1ccc(C(O)(c2ccco2)C(F)(F)F)cc1. The van der Waals surface area contributed by atoms with Crippen LogP contribution in [0.2, 0.25) is 0 Å². The molecular formula is C14H14F3NO2. The normalized spacial score (nSPS) is 14.9. The van der Waals surface area contributed by atoms with Gasteiger partial charge in [-0.05, 0) is 24.3 Å². The van der Waals surface area contributed by atoms with Crippen molar-refractivity contribution in [2.75, 3.05) is 19.0 Å². The number of hydrogen-bond donors (Lipinski definition) is 1. The summed E-state index contributed by atoms with van der Waals surface area (Å²) in [5.74, 6) is -0.553. The second-order valence-corrected chi connectivity index (χ2v) is 4.63. The van der Waals surface area contributed by atoms with Crippen molar-refractivity contribution in [3.63, 3.8) is 0 Å². The molecular weight excluding hydrogens is 271 g/mol. The number of benzene rings is 1. The van der Waals surface area contributed by atoms with Crippen LogP contribution in [0.4, 0.5) is 18.9 Å². The van der Waals surface area contributed by atoms with Crippen LogP contribution in [0.5, 0.6) is 0 Å². The van der Waals surface area contributed by atoms with Crippen LogP contribution in [-0.4, -0.2) is 25.4 Å². The predicted molar refractivity (Wildman–Crippen MR) is 68.5 cm³/mol. The molecule has 1 aromatic heterocycles. The summed E-state index contributed by atoms with van der Waals surface area (Å²) in [7, 11) is 3.55. The van der Waals surface area contributed by atoms with Crippen LogP contribution >= 0.6 is 0 Å². The zero-order chi connectivity index (χ0) is 15.0. The van der Waals surface area contributed by atoms with Crippen molar-refractivity contribution in [2.24, 2.45) is 0 Å². The van der Waals surface area contributed by atoms with Crippen LogP contribution in [0, 0.1) is 0 Å². The third-order valence-electron chi connectivity index (χ3n) is 3.09. The Morgan fingerprint density at radius 3 is 2.05 bits per heavy atom. The van der Waals surface area contributed by atoms with Crippen molar-refractivity contribution >= 4 is 5.69 Å². The molecule has 0 spiro atoms. The van der Waals surface area contributed by atoms with Crippen LogP contribution < -0.4 is 4.90 Å². The fourth-order valence-corrected chi connectivity index (χ4v) is 1.93. The summed E-state index contributed by atoms with van der Waals surface area (Å²) < 4.78 is 44.7. The molecule has 1 unspecified atom stereocenters. The molecule has 0 saturated heterocycles. The number of rotatable bonds is 3. The van der Waals surface area contributed by atoms with Crippen LogP contribution in [-0.2, 0) is 5.60 Å². The second-order valence-electron chi connectivity index (χ2n) is 4.63. The van der Waals surface area contributed by atoms with Gasteiger partial charge in [-0.3, -0.25) is 0 Å². The Labute approximate surface area is 114 Å². The van der Waals surface area contributed by atoms with E-state index < -0.39 is 17.5 Å². The van der Waals surface area contributed by atoms with Crippen LogP contribution in [0.25, 0.3) is 0 Å². The fourth-order valence-electron chi connectivity index (χ4n) is 1.93. The van der Waals surface area contributed by atoms with Gasteiger partial charge in [0.25, 0.3) is 0 Å². The lowest BCUT2D eigenvalue weighted by atomic mass is 9.90. The Bertz CT molecular complexity index is 561. The average molecular weight is 285 g/mol. The molecule has 0 fully saturated rings. The van der Waals surface area contributed by atoms with Gasteiger partial charge in [-0.2, -0.15) is 13.2 Å². The number of aliphatic hydroxyl groups is 1. The summed E-state index contributed by atoms with van der Waals surface area (Å²) in [4.78, 5) is 1.75. The number of halogens is 3. The van der Waals surface area contributed by atoms with E-state index in [9.17, 15) is 18.3 Å². The van der Waals surface area contributed by atoms with Crippen LogP contribution in [0.15, 0.2) is 47.1 Å². The third-order valence-corrected chi connectivity index (χ3v) is 3.09. The maximum Gasteiger partial charge on any atom is 0.428 e. The Hall–Kier alpha value is -1.95. The van der Waals surface area contributed by atoms with Crippen LogP contribution in [0.3, 0.4) is 0 Å². The summed E-state index contributed by atoms with van der Waals surface area (Å²) in [5, 5.41) is 10.2. The Kier molecular flexibility index (Phi) is 3.52. The molecule has 0 saturated carbocycles. The first-order valence-corrected chi connectivity index (χ1v) is 5.88. The summed E-state index contributed by atoms with van der Waals surface area (Å²) >= 11 is 0. The highest BCUT2D eigenvalue weighted by Gasteiger charge is 2.58. The molecule has 0 aliphatic rings. The molecule has 2 aromatic rings. The van der Waals surface area contributed by atoms with Gasteiger partial charge in [0.2, 0.25) is 5.60 Å². The first kappa shape index (κ1) is 14.5. The summed E-state index contributed by atoms with van der Waals surface area (Å²) in [6.07, 6.45) is -3.79. The standard InChI is InChI=1S/C14H14F3NO2/c1-18(2)11-7-5-10(6-8-11)13(19,14(15,16)17)12-4-3-9-20-12/h3-9,19H,1-2H3. The molecule has 2 rings (SSSR count). The first-order valence-electron chi connectivity index (χ1n) is 5.88. The minimum absolute atomic E-state index is 0.287. The summed E-state index contributed by atoms with van der Waals surface area (Å²) in [6.45, 7) is 0. The van der Waals surface area contributed by atoms with E-state index in [0.717, 1.165) is 18.0 Å². The van der Waals surface area contributed by atoms with Crippen molar-refractivity contribution in [2.45, 2.75) is 11.8 Å². The molecule has 0 aliphatic carbocycles. The van der Waals surface area contributed by atoms with E-state index in [1.165, 1.54) is 30.3 Å². The van der Waals surface area contributed by atoms with Crippen molar-refractivity contribution in [1.82, 2.24) is 0 Å². The average Bonchev–Trinajstić information content (AvgIpc) is 2.90. The van der Waals surface area contributed by atoms with E-state index in [0.29, 0.717) is 0 Å². The second kappa shape index (κ2) is 4.86. The third kappa shape index (κ3) is 2.27. The van der Waals surface area contributed by atoms with Crippen molar-refractivity contribution in [3.05, 3.63) is 54.0 Å². The quantitative estimate of drug-likeness (QED) is 0.941. The molecule has 0 radical (unpaired) electrons. The Morgan fingerprint density at radius 2 is 1.65 bits per heavy atom. The van der Waals surface area contributed by atoms with Crippen LogP contribution in [0.1, 0.15) is 11.3 Å². The largest absolute Gasteiger partial charge is 0.466 e. The highest BCUT2D eigenvalue weighted by Crippen LogP contribution is 2.44. The summed E-state index contributed by atoms with van der Waals surface area (Å²) in [6, 6.07) is 7.91. The van der Waals surface area contributed by atoms with Gasteiger partial charge < -0.3 is 14.4 Å². The highest BCUT2D eigenvalue weighted by molar-refractivity contribution is 5.48. The van der Waals surface area contributed by atoms with Crippen molar-refractivity contribution in [3.8, 4) is 0 Å². The Morgan fingerprint density at radius 1 is 1.05 bits per heavy atom. The molecule has 0 amide bonds. The van der Waals surface area contributed by atoms with E-state index in [4.69, 9.17) is 4.42 Å². The van der Waals surface area contributed by atoms with E-state index in [-0.39, 0.29) is 5.56 Å². The monoisotopic (exact) mass is 285 g/mol. The lowest BCUT2D eigenvalue weighted by Gasteiger charge is -2.29. The smallest absolute Gasteiger partial charge is 0.428 e. The zero-order valence-electron chi connectivity index (χ0n) is 11.0. The first-order chi connectivity index (χ1) is 9.26. The van der Waals surface area contributed by atoms with Gasteiger partial charge in [0.15, 0.2) is 0 Å². The molecule has 6 heteroatoms. The fraction of sp³-hybridized carbons (Fsp3) is 0.286. The number of alkyl halides is 3. The van der Waals surface area contributed by atoms with Gasteiger partial charge in [0, 0.05) is 25.3 Å². The minimum atomic E-state index is -4.88. The molecule has 0 bridgehead atoms. The van der Waals surface area contributed by atoms with E-state index in [1.807, 2.05) is 0 Å². The topological polar surface area (TPSA) is 36.6 Å². The molecule has 20 heavy (non-hydrogen) atoms. The van der Waals surface area contributed by atoms with E-state index in [2.05, 4.69) is 0 Å². The number of anilines is 1. The predicted octanol–water partition coefficient (Wildman–Crippen LogP) is 3.14. The molecule has 1 atom stereocenters. The van der Waals surface area contributed by atoms with Crippen molar-refractivity contribution in [1.29, 1.82) is 0 Å². The van der Waals surface area contributed by atoms with Gasteiger partial charge in [0.05, 0.1) is 6.26 Å². The maximum absolute atomic E-state index is 13.3. The lowest BCUT2D eigenvalue weighted by Crippen LogP contribution is -2.43. The maximum atomic E-state index is 13.3. The minimum Gasteiger partial charge on any atom is -0.466 e.